The van der Waals surface area contributed by atoms with Gasteiger partial charge in [0.05, 0.1) is 0 Å². The molecule has 1 rings (SSSR count). The van der Waals surface area contributed by atoms with Gasteiger partial charge >= 0.3 is 0 Å². The Morgan fingerprint density at radius 1 is 1.57 bits per heavy atom. The van der Waals surface area contributed by atoms with Gasteiger partial charge in [0, 0.05) is 35.0 Å². The van der Waals surface area contributed by atoms with E-state index in [1.807, 2.05) is 26.0 Å². The predicted molar refractivity (Wildman–Crippen MR) is 61.0 cm³/mol. The first-order valence-corrected chi connectivity index (χ1v) is 6.23. The van der Waals surface area contributed by atoms with Gasteiger partial charge < -0.3 is 5.32 Å². The number of nitrogens with zero attached hydrogens (tertiary/aromatic N) is 1. The third-order valence-electron chi connectivity index (χ3n) is 1.95. The zero-order chi connectivity index (χ0) is 10.4. The number of hydrogen-bond donors (Lipinski definition) is 1. The second-order valence-corrected chi connectivity index (χ2v) is 4.89. The summed E-state index contributed by atoms with van der Waals surface area (Å²) < 4.78 is 11.1. The SMILES string of the molecule is CCS(=O)CCNc1ncccc1C. The summed E-state index contributed by atoms with van der Waals surface area (Å²) in [7, 11) is -0.698. The largest absolute Gasteiger partial charge is 0.369 e. The number of hydrogen-bond acceptors (Lipinski definition) is 3. The number of rotatable bonds is 5. The number of nitrogens with one attached hydrogen (secondary N) is 1. The van der Waals surface area contributed by atoms with E-state index < -0.39 is 10.8 Å². The first kappa shape index (κ1) is 11.2. The maximum Gasteiger partial charge on any atom is 0.128 e. The van der Waals surface area contributed by atoms with Gasteiger partial charge in [-0.05, 0) is 18.6 Å². The summed E-state index contributed by atoms with van der Waals surface area (Å²) in [6, 6.07) is 3.91. The van der Waals surface area contributed by atoms with Crippen molar-refractivity contribution in [1.82, 2.24) is 4.98 Å². The first-order valence-electron chi connectivity index (χ1n) is 4.74. The van der Waals surface area contributed by atoms with Crippen molar-refractivity contribution < 1.29 is 4.21 Å². The van der Waals surface area contributed by atoms with Crippen molar-refractivity contribution in [1.29, 1.82) is 0 Å². The zero-order valence-electron chi connectivity index (χ0n) is 8.62. The van der Waals surface area contributed by atoms with Crippen LogP contribution < -0.4 is 5.32 Å². The molecule has 0 bridgehead atoms. The quantitative estimate of drug-likeness (QED) is 0.805. The Kier molecular flexibility index (Phi) is 4.59. The van der Waals surface area contributed by atoms with Gasteiger partial charge in [0.15, 0.2) is 0 Å². The summed E-state index contributed by atoms with van der Waals surface area (Å²) in [6.07, 6.45) is 1.76. The molecule has 0 aliphatic rings. The van der Waals surface area contributed by atoms with Crippen LogP contribution in [0.1, 0.15) is 12.5 Å². The predicted octanol–water partition coefficient (Wildman–Crippen LogP) is 1.57. The normalized spacial score (nSPS) is 12.4. The lowest BCUT2D eigenvalue weighted by Gasteiger charge is -2.06. The van der Waals surface area contributed by atoms with E-state index in [9.17, 15) is 4.21 Å². The summed E-state index contributed by atoms with van der Waals surface area (Å²) in [6.45, 7) is 4.66. The van der Waals surface area contributed by atoms with Crippen molar-refractivity contribution in [2.24, 2.45) is 0 Å². The van der Waals surface area contributed by atoms with Crippen LogP contribution in [0.5, 0.6) is 0 Å². The lowest BCUT2D eigenvalue weighted by molar-refractivity contribution is 0.684. The van der Waals surface area contributed by atoms with Crippen LogP contribution in [-0.4, -0.2) is 27.2 Å². The van der Waals surface area contributed by atoms with Crippen LogP contribution in [-0.2, 0) is 10.8 Å². The van der Waals surface area contributed by atoms with E-state index in [1.165, 1.54) is 0 Å². The zero-order valence-corrected chi connectivity index (χ0v) is 9.43. The fraction of sp³-hybridized carbons (Fsp3) is 0.500. The van der Waals surface area contributed by atoms with E-state index in [2.05, 4.69) is 10.3 Å². The van der Waals surface area contributed by atoms with E-state index in [4.69, 9.17) is 0 Å². The minimum absolute atomic E-state index is 0.687. The number of pyridine rings is 1. The molecule has 0 aliphatic heterocycles. The lowest BCUT2D eigenvalue weighted by Crippen LogP contribution is -2.13. The van der Waals surface area contributed by atoms with Crippen LogP contribution in [0.3, 0.4) is 0 Å². The van der Waals surface area contributed by atoms with Gasteiger partial charge in [-0.15, -0.1) is 0 Å². The minimum Gasteiger partial charge on any atom is -0.369 e. The molecule has 1 N–H and O–H groups in total. The molecule has 3 nitrogen and oxygen atoms in total. The smallest absolute Gasteiger partial charge is 0.128 e. The maximum atomic E-state index is 11.1. The van der Waals surface area contributed by atoms with Crippen LogP contribution in [0, 0.1) is 6.92 Å². The number of anilines is 1. The minimum atomic E-state index is -0.698. The molecule has 0 spiro atoms. The maximum absolute atomic E-state index is 11.1. The topological polar surface area (TPSA) is 42.0 Å². The summed E-state index contributed by atoms with van der Waals surface area (Å²) >= 11 is 0. The molecule has 0 aliphatic carbocycles. The van der Waals surface area contributed by atoms with Gasteiger partial charge in [-0.2, -0.15) is 0 Å². The average molecular weight is 212 g/mol. The highest BCUT2D eigenvalue weighted by atomic mass is 32.2. The van der Waals surface area contributed by atoms with E-state index in [0.717, 1.165) is 23.7 Å². The summed E-state index contributed by atoms with van der Waals surface area (Å²) in [5.41, 5.74) is 1.12. The molecule has 1 aromatic heterocycles. The molecule has 0 aromatic carbocycles. The molecular formula is C10H16N2OS. The number of aryl methyl sites for hydroxylation is 1. The third-order valence-corrected chi connectivity index (χ3v) is 3.26. The van der Waals surface area contributed by atoms with Crippen molar-refractivity contribution in [2.75, 3.05) is 23.4 Å². The van der Waals surface area contributed by atoms with Crippen molar-refractivity contribution in [2.45, 2.75) is 13.8 Å². The highest BCUT2D eigenvalue weighted by Crippen LogP contribution is 2.08. The van der Waals surface area contributed by atoms with Crippen molar-refractivity contribution in [3.8, 4) is 0 Å². The van der Waals surface area contributed by atoms with Gasteiger partial charge in [-0.3, -0.25) is 4.21 Å². The molecule has 14 heavy (non-hydrogen) atoms. The van der Waals surface area contributed by atoms with Gasteiger partial charge in [-0.25, -0.2) is 4.98 Å². The Morgan fingerprint density at radius 3 is 3.00 bits per heavy atom. The highest BCUT2D eigenvalue weighted by molar-refractivity contribution is 7.84. The van der Waals surface area contributed by atoms with Gasteiger partial charge in [0.1, 0.15) is 5.82 Å². The molecule has 1 atom stereocenters. The molecule has 1 aromatic rings. The molecular weight excluding hydrogens is 196 g/mol. The van der Waals surface area contributed by atoms with Crippen molar-refractivity contribution in [3.63, 3.8) is 0 Å². The Balaban J connectivity index is 2.39. The third kappa shape index (κ3) is 3.46. The summed E-state index contributed by atoms with van der Waals surface area (Å²) in [5, 5.41) is 3.17. The van der Waals surface area contributed by atoms with Crippen LogP contribution in [0.4, 0.5) is 5.82 Å². The van der Waals surface area contributed by atoms with Crippen LogP contribution in [0.2, 0.25) is 0 Å². The standard InChI is InChI=1S/C10H16N2OS/c1-3-14(13)8-7-12-10-9(2)5-4-6-11-10/h4-6H,3,7-8H2,1-2H3,(H,11,12). The Morgan fingerprint density at radius 2 is 2.36 bits per heavy atom. The molecule has 0 saturated heterocycles. The van der Waals surface area contributed by atoms with E-state index in [-0.39, 0.29) is 0 Å². The monoisotopic (exact) mass is 212 g/mol. The fourth-order valence-electron chi connectivity index (χ4n) is 1.10. The second-order valence-electron chi connectivity index (χ2n) is 3.03. The van der Waals surface area contributed by atoms with Crippen molar-refractivity contribution >= 4 is 16.6 Å². The summed E-state index contributed by atoms with van der Waals surface area (Å²) in [4.78, 5) is 4.19. The molecule has 1 unspecified atom stereocenters. The van der Waals surface area contributed by atoms with Crippen LogP contribution in [0.25, 0.3) is 0 Å². The van der Waals surface area contributed by atoms with Crippen molar-refractivity contribution in [3.05, 3.63) is 23.9 Å². The summed E-state index contributed by atoms with van der Waals surface area (Å²) in [5.74, 6) is 2.30. The Hall–Kier alpha value is -0.900. The average Bonchev–Trinajstić information content (AvgIpc) is 2.20. The molecule has 0 radical (unpaired) electrons. The first-order chi connectivity index (χ1) is 6.74. The van der Waals surface area contributed by atoms with Crippen LogP contribution >= 0.6 is 0 Å². The molecule has 0 saturated carbocycles. The Bertz CT molecular complexity index is 315. The Labute approximate surface area is 87.4 Å². The highest BCUT2D eigenvalue weighted by Gasteiger charge is 1.98. The van der Waals surface area contributed by atoms with Gasteiger partial charge in [-0.1, -0.05) is 13.0 Å². The van der Waals surface area contributed by atoms with E-state index in [1.54, 1.807) is 6.20 Å². The molecule has 4 heteroatoms. The molecule has 1 heterocycles. The van der Waals surface area contributed by atoms with Gasteiger partial charge in [0.2, 0.25) is 0 Å². The second kappa shape index (κ2) is 5.75. The lowest BCUT2D eigenvalue weighted by atomic mass is 10.3. The van der Waals surface area contributed by atoms with E-state index in [0.29, 0.717) is 5.75 Å². The molecule has 78 valence electrons. The molecule has 0 fully saturated rings. The van der Waals surface area contributed by atoms with E-state index >= 15 is 0 Å². The van der Waals surface area contributed by atoms with Crippen LogP contribution in [0.15, 0.2) is 18.3 Å². The molecule has 0 amide bonds. The van der Waals surface area contributed by atoms with Gasteiger partial charge in [0.25, 0.3) is 0 Å². The number of aromatic nitrogens is 1. The fourth-order valence-corrected chi connectivity index (χ4v) is 1.72.